The fourth-order valence-corrected chi connectivity index (χ4v) is 2.39. The third-order valence-electron chi connectivity index (χ3n) is 4.29. The molecule has 5 nitrogen and oxygen atoms in total. The molecule has 0 fully saturated rings. The first-order valence-electron chi connectivity index (χ1n) is 11.7. The summed E-state index contributed by atoms with van der Waals surface area (Å²) in [5.74, 6) is -1.25. The lowest BCUT2D eigenvalue weighted by Crippen LogP contribution is -2.25. The van der Waals surface area contributed by atoms with Crippen LogP contribution in [0.5, 0.6) is 0 Å². The van der Waals surface area contributed by atoms with Crippen molar-refractivity contribution in [2.24, 2.45) is 5.41 Å². The van der Waals surface area contributed by atoms with Crippen LogP contribution in [0.15, 0.2) is 72.9 Å². The molecule has 0 bridgehead atoms. The lowest BCUT2D eigenvalue weighted by molar-refractivity contribution is -0.168. The zero-order chi connectivity index (χ0) is 24.8. The molecule has 33 heavy (non-hydrogen) atoms. The maximum Gasteiger partial charge on any atom is 0.313 e. The Balaban J connectivity index is 4.22. The van der Waals surface area contributed by atoms with Crippen LogP contribution in [0.2, 0.25) is 0 Å². The molecule has 0 amide bonds. The van der Waals surface area contributed by atoms with Crippen LogP contribution in [0.4, 0.5) is 0 Å². The molecule has 0 rings (SSSR count). The van der Waals surface area contributed by atoms with E-state index in [1.807, 2.05) is 18.2 Å². The van der Waals surface area contributed by atoms with Gasteiger partial charge < -0.3 is 14.6 Å². The smallest absolute Gasteiger partial charge is 0.313 e. The zero-order valence-corrected chi connectivity index (χ0v) is 20.7. The Morgan fingerprint density at radius 3 is 1.82 bits per heavy atom. The summed E-state index contributed by atoms with van der Waals surface area (Å²) in [7, 11) is 0. The van der Waals surface area contributed by atoms with E-state index >= 15 is 0 Å². The van der Waals surface area contributed by atoms with Crippen LogP contribution < -0.4 is 0 Å². The molecule has 1 atom stereocenters. The zero-order valence-electron chi connectivity index (χ0n) is 20.7. The standard InChI is InChI=1S/C28H42O5/c1-5-6-7-8-9-10-11-12-13-14-15-16-17-18-19-20-21-25(22-23-26(29)30)32-24-33-27(31)28(2,3)4/h6-7,9-10,12-13,15-16,18-21,25H,5,8,11,14,17,22-24H2,1-4H3,(H,29,30)/b7-6-,10-9-,13-12-,16-15-,19-18-,21-20+. The third kappa shape index (κ3) is 21.0. The number of hydrogen-bond acceptors (Lipinski definition) is 4. The summed E-state index contributed by atoms with van der Waals surface area (Å²) < 4.78 is 10.6. The SMILES string of the molecule is CC/C=C\C/C=C\C/C=C\C/C=C\C/C=C\C=C\C(CCC(=O)O)OCOC(=O)C(C)(C)C. The van der Waals surface area contributed by atoms with Crippen molar-refractivity contribution in [2.45, 2.75) is 78.7 Å². The van der Waals surface area contributed by atoms with E-state index in [0.717, 1.165) is 32.1 Å². The van der Waals surface area contributed by atoms with Crippen molar-refractivity contribution in [1.82, 2.24) is 0 Å². The van der Waals surface area contributed by atoms with Gasteiger partial charge >= 0.3 is 11.9 Å². The van der Waals surface area contributed by atoms with Crippen molar-refractivity contribution in [2.75, 3.05) is 6.79 Å². The molecule has 184 valence electrons. The summed E-state index contributed by atoms with van der Waals surface area (Å²) in [5, 5.41) is 8.90. The number of aliphatic carboxylic acids is 1. The highest BCUT2D eigenvalue weighted by atomic mass is 16.7. The largest absolute Gasteiger partial charge is 0.481 e. The van der Waals surface area contributed by atoms with Crippen molar-refractivity contribution < 1.29 is 24.2 Å². The number of esters is 1. The summed E-state index contributed by atoms with van der Waals surface area (Å²) in [4.78, 5) is 22.6. The first-order chi connectivity index (χ1) is 15.8. The Labute approximate surface area is 200 Å². The fourth-order valence-electron chi connectivity index (χ4n) is 2.39. The molecule has 0 aliphatic carbocycles. The first kappa shape index (κ1) is 30.3. The molecule has 0 aliphatic heterocycles. The molecule has 0 aromatic heterocycles. The van der Waals surface area contributed by atoms with Crippen LogP contribution in [-0.2, 0) is 19.1 Å². The summed E-state index contributed by atoms with van der Waals surface area (Å²) in [6, 6.07) is 0. The molecule has 1 N–H and O–H groups in total. The van der Waals surface area contributed by atoms with Gasteiger partial charge in [0.1, 0.15) is 0 Å². The van der Waals surface area contributed by atoms with Gasteiger partial charge in [-0.05, 0) is 59.3 Å². The van der Waals surface area contributed by atoms with Gasteiger partial charge in [-0.1, -0.05) is 79.8 Å². The average Bonchev–Trinajstić information content (AvgIpc) is 2.75. The van der Waals surface area contributed by atoms with Crippen LogP contribution in [0, 0.1) is 5.41 Å². The number of carboxylic acid groups (broad SMARTS) is 1. The van der Waals surface area contributed by atoms with Gasteiger partial charge in [0, 0.05) is 6.42 Å². The summed E-state index contributed by atoms with van der Waals surface area (Å²) in [5.41, 5.74) is -0.607. The highest BCUT2D eigenvalue weighted by Gasteiger charge is 2.23. The quantitative estimate of drug-likeness (QED) is 0.109. The van der Waals surface area contributed by atoms with Gasteiger partial charge in [0.25, 0.3) is 0 Å². The number of ether oxygens (including phenoxy) is 2. The van der Waals surface area contributed by atoms with Gasteiger partial charge in [0.05, 0.1) is 11.5 Å². The van der Waals surface area contributed by atoms with Gasteiger partial charge in [-0.3, -0.25) is 9.59 Å². The Kier molecular flexibility index (Phi) is 18.4. The minimum absolute atomic E-state index is 0.0199. The Morgan fingerprint density at radius 2 is 1.33 bits per heavy atom. The van der Waals surface area contributed by atoms with Crippen LogP contribution in [-0.4, -0.2) is 29.9 Å². The number of carboxylic acids is 1. The number of carbonyl (C=O) groups is 2. The molecule has 0 aliphatic rings. The molecule has 1 unspecified atom stereocenters. The normalized spacial score (nSPS) is 14.1. The van der Waals surface area contributed by atoms with Gasteiger partial charge in [-0.15, -0.1) is 0 Å². The van der Waals surface area contributed by atoms with Crippen molar-refractivity contribution in [1.29, 1.82) is 0 Å². The van der Waals surface area contributed by atoms with Crippen molar-refractivity contribution >= 4 is 11.9 Å². The second-order valence-electron chi connectivity index (χ2n) is 8.49. The molecular weight excluding hydrogens is 416 g/mol. The minimum atomic E-state index is -0.890. The molecule has 0 saturated carbocycles. The monoisotopic (exact) mass is 458 g/mol. The van der Waals surface area contributed by atoms with Gasteiger partial charge in [-0.25, -0.2) is 0 Å². The van der Waals surface area contributed by atoms with Gasteiger partial charge in [0.2, 0.25) is 0 Å². The Bertz CT molecular complexity index is 702. The second kappa shape index (κ2) is 20.0. The number of hydrogen-bond donors (Lipinski definition) is 1. The van der Waals surface area contributed by atoms with E-state index in [0.29, 0.717) is 6.42 Å². The first-order valence-corrected chi connectivity index (χ1v) is 11.7. The average molecular weight is 459 g/mol. The van der Waals surface area contributed by atoms with Gasteiger partial charge in [-0.2, -0.15) is 0 Å². The molecule has 0 spiro atoms. The predicted octanol–water partition coefficient (Wildman–Crippen LogP) is 7.09. The molecule has 0 aromatic carbocycles. The highest BCUT2D eigenvalue weighted by Crippen LogP contribution is 2.15. The minimum Gasteiger partial charge on any atom is -0.481 e. The Morgan fingerprint density at radius 1 is 0.818 bits per heavy atom. The van der Waals surface area contributed by atoms with E-state index in [-0.39, 0.29) is 19.2 Å². The maximum atomic E-state index is 11.8. The number of rotatable bonds is 17. The molecule has 0 aromatic rings. The topological polar surface area (TPSA) is 72.8 Å². The van der Waals surface area contributed by atoms with E-state index in [9.17, 15) is 9.59 Å². The second-order valence-corrected chi connectivity index (χ2v) is 8.49. The molecule has 0 heterocycles. The van der Waals surface area contributed by atoms with Crippen LogP contribution in [0.1, 0.15) is 72.6 Å². The molecule has 5 heteroatoms. The van der Waals surface area contributed by atoms with E-state index in [4.69, 9.17) is 14.6 Å². The van der Waals surface area contributed by atoms with E-state index in [1.165, 1.54) is 0 Å². The number of allylic oxidation sites excluding steroid dienone is 11. The van der Waals surface area contributed by atoms with Crippen molar-refractivity contribution in [3.63, 3.8) is 0 Å². The lowest BCUT2D eigenvalue weighted by Gasteiger charge is -2.18. The highest BCUT2D eigenvalue weighted by molar-refractivity contribution is 5.75. The lowest BCUT2D eigenvalue weighted by atomic mass is 9.98. The van der Waals surface area contributed by atoms with Gasteiger partial charge in [0.15, 0.2) is 6.79 Å². The van der Waals surface area contributed by atoms with E-state index in [2.05, 4.69) is 55.5 Å². The number of carbonyl (C=O) groups excluding carboxylic acids is 1. The van der Waals surface area contributed by atoms with E-state index < -0.39 is 17.5 Å². The fraction of sp³-hybridized carbons (Fsp3) is 0.500. The molecule has 0 radical (unpaired) electrons. The summed E-state index contributed by atoms with van der Waals surface area (Å²) in [6.45, 7) is 7.22. The van der Waals surface area contributed by atoms with E-state index in [1.54, 1.807) is 26.8 Å². The predicted molar refractivity (Wildman–Crippen MR) is 136 cm³/mol. The molecular formula is C28H42O5. The van der Waals surface area contributed by atoms with Crippen LogP contribution in [0.3, 0.4) is 0 Å². The maximum absolute atomic E-state index is 11.8. The third-order valence-corrected chi connectivity index (χ3v) is 4.29. The van der Waals surface area contributed by atoms with Crippen molar-refractivity contribution in [3.05, 3.63) is 72.9 Å². The van der Waals surface area contributed by atoms with Crippen molar-refractivity contribution in [3.8, 4) is 0 Å². The summed E-state index contributed by atoms with van der Waals surface area (Å²) in [6.07, 6.45) is 29.4. The van der Waals surface area contributed by atoms with Crippen LogP contribution in [0.25, 0.3) is 0 Å². The summed E-state index contributed by atoms with van der Waals surface area (Å²) >= 11 is 0. The molecule has 0 saturated heterocycles. The van der Waals surface area contributed by atoms with Crippen LogP contribution >= 0.6 is 0 Å². The Hall–Kier alpha value is -2.66.